The van der Waals surface area contributed by atoms with E-state index in [1.807, 2.05) is 0 Å². The molecule has 0 radical (unpaired) electrons. The summed E-state index contributed by atoms with van der Waals surface area (Å²) in [5.41, 5.74) is -1.09. The van der Waals surface area contributed by atoms with Crippen molar-refractivity contribution in [3.8, 4) is 11.1 Å². The number of aryl methyl sites for hydroxylation is 1. The molecule has 2 aromatic carbocycles. The summed E-state index contributed by atoms with van der Waals surface area (Å²) in [5.74, 6) is -0.813. The van der Waals surface area contributed by atoms with Crippen LogP contribution in [0.2, 0.25) is 5.02 Å². The van der Waals surface area contributed by atoms with Gasteiger partial charge in [0, 0.05) is 29.9 Å². The van der Waals surface area contributed by atoms with Gasteiger partial charge in [-0.1, -0.05) is 29.4 Å². The molecule has 2 aromatic heterocycles. The minimum absolute atomic E-state index is 0.200. The molecule has 0 unspecified atom stereocenters. The molecule has 4 rings (SSSR count). The summed E-state index contributed by atoms with van der Waals surface area (Å²) in [6.07, 6.45) is -1.35. The van der Waals surface area contributed by atoms with Gasteiger partial charge in [0.15, 0.2) is 5.16 Å². The van der Waals surface area contributed by atoms with Crippen LogP contribution in [0.25, 0.3) is 22.2 Å². The lowest BCUT2D eigenvalue weighted by Gasteiger charge is -2.13. The number of nitrogens with zero attached hydrogens (tertiary/aromatic N) is 3. The minimum Gasteiger partial charge on any atom is -0.308 e. The molecule has 2 amide bonds. The molecule has 0 bridgehead atoms. The molecule has 0 aliphatic carbocycles. The largest absolute Gasteiger partial charge is 0.417 e. The van der Waals surface area contributed by atoms with E-state index in [9.17, 15) is 27.2 Å². The predicted molar refractivity (Wildman–Crippen MR) is 131 cm³/mol. The van der Waals surface area contributed by atoms with Gasteiger partial charge in [-0.05, 0) is 48.2 Å². The number of halogens is 5. The summed E-state index contributed by atoms with van der Waals surface area (Å²) in [5, 5.41) is 5.00. The number of hydrogen-bond acceptors (Lipinski definition) is 5. The van der Waals surface area contributed by atoms with Crippen LogP contribution in [0.15, 0.2) is 58.6 Å². The number of benzene rings is 2. The Morgan fingerprint density at radius 2 is 1.86 bits per heavy atom. The number of fused-ring (bicyclic) bond motifs is 1. The predicted octanol–water partition coefficient (Wildman–Crippen LogP) is 6.17. The number of nitrogens with one attached hydrogen (secondary N) is 2. The third kappa shape index (κ3) is 5.14. The Kier molecular flexibility index (Phi) is 6.92. The van der Waals surface area contributed by atoms with Crippen LogP contribution >= 0.6 is 23.4 Å². The van der Waals surface area contributed by atoms with E-state index in [1.54, 1.807) is 25.6 Å². The molecule has 13 heteroatoms. The number of aromatic nitrogens is 3. The van der Waals surface area contributed by atoms with Gasteiger partial charge in [-0.2, -0.15) is 13.2 Å². The first-order valence-electron chi connectivity index (χ1n) is 10.1. The zero-order valence-electron chi connectivity index (χ0n) is 18.6. The maximum atomic E-state index is 14.5. The summed E-state index contributed by atoms with van der Waals surface area (Å²) in [7, 11) is 1.54. The highest BCUT2D eigenvalue weighted by Gasteiger charge is 2.33. The SMILES string of the molecule is CSc1ncc2cc(-c3ccc(F)c(NC(=O)Nc4ccc(Cl)c(C(F)(F)F)c4)c3)c(=O)n(C)c2n1. The van der Waals surface area contributed by atoms with Gasteiger partial charge in [-0.3, -0.25) is 9.36 Å². The second kappa shape index (κ2) is 9.78. The van der Waals surface area contributed by atoms with Crippen molar-refractivity contribution in [3.05, 3.63) is 75.4 Å². The molecule has 0 fully saturated rings. The van der Waals surface area contributed by atoms with Crippen molar-refractivity contribution < 1.29 is 22.4 Å². The minimum atomic E-state index is -4.72. The number of anilines is 2. The van der Waals surface area contributed by atoms with Crippen molar-refractivity contribution in [2.75, 3.05) is 16.9 Å². The lowest BCUT2D eigenvalue weighted by molar-refractivity contribution is -0.137. The van der Waals surface area contributed by atoms with Gasteiger partial charge < -0.3 is 10.6 Å². The second-order valence-electron chi connectivity index (χ2n) is 7.52. The van der Waals surface area contributed by atoms with E-state index in [4.69, 9.17) is 11.6 Å². The number of rotatable bonds is 4. The molecular weight excluding hydrogens is 522 g/mol. The molecule has 0 spiro atoms. The van der Waals surface area contributed by atoms with E-state index >= 15 is 0 Å². The van der Waals surface area contributed by atoms with Crippen LogP contribution in [-0.2, 0) is 13.2 Å². The molecule has 0 saturated heterocycles. The highest BCUT2D eigenvalue weighted by atomic mass is 35.5. The Morgan fingerprint density at radius 1 is 1.11 bits per heavy atom. The van der Waals surface area contributed by atoms with Crippen molar-refractivity contribution in [2.24, 2.45) is 7.05 Å². The molecule has 36 heavy (non-hydrogen) atoms. The van der Waals surface area contributed by atoms with Crippen LogP contribution in [0.5, 0.6) is 0 Å². The van der Waals surface area contributed by atoms with Gasteiger partial charge in [0.05, 0.1) is 16.3 Å². The summed E-state index contributed by atoms with van der Waals surface area (Å²) in [6, 6.07) is 7.07. The monoisotopic (exact) mass is 537 g/mol. The van der Waals surface area contributed by atoms with Crippen LogP contribution < -0.4 is 16.2 Å². The zero-order valence-corrected chi connectivity index (χ0v) is 20.1. The number of pyridine rings is 1. The lowest BCUT2D eigenvalue weighted by Crippen LogP contribution is -2.21. The third-order valence-corrected chi connectivity index (χ3v) is 6.06. The smallest absolute Gasteiger partial charge is 0.308 e. The van der Waals surface area contributed by atoms with Crippen molar-refractivity contribution in [3.63, 3.8) is 0 Å². The third-order valence-electron chi connectivity index (χ3n) is 5.16. The number of carbonyl (C=O) groups is 1. The van der Waals surface area contributed by atoms with Crippen LogP contribution in [0.1, 0.15) is 5.56 Å². The topological polar surface area (TPSA) is 88.9 Å². The average molecular weight is 538 g/mol. The van der Waals surface area contributed by atoms with Crippen molar-refractivity contribution >= 4 is 51.8 Å². The molecule has 0 atom stereocenters. The first-order valence-corrected chi connectivity index (χ1v) is 11.7. The Balaban J connectivity index is 1.64. The Labute approximate surface area is 210 Å². The van der Waals surface area contributed by atoms with Crippen LogP contribution in [-0.4, -0.2) is 26.8 Å². The molecule has 4 aromatic rings. The molecule has 0 aliphatic rings. The number of hydrogen-bond donors (Lipinski definition) is 2. The summed E-state index contributed by atoms with van der Waals surface area (Å²) in [6.45, 7) is 0. The Hall–Kier alpha value is -3.64. The van der Waals surface area contributed by atoms with Crippen molar-refractivity contribution in [1.29, 1.82) is 0 Å². The summed E-state index contributed by atoms with van der Waals surface area (Å²) in [4.78, 5) is 33.9. The van der Waals surface area contributed by atoms with Gasteiger partial charge in [0.1, 0.15) is 11.5 Å². The fraction of sp³-hybridized carbons (Fsp3) is 0.130. The first kappa shape index (κ1) is 25.5. The number of urea groups is 1. The average Bonchev–Trinajstić information content (AvgIpc) is 2.83. The summed E-state index contributed by atoms with van der Waals surface area (Å²) < 4.78 is 55.0. The highest BCUT2D eigenvalue weighted by molar-refractivity contribution is 7.98. The molecule has 0 saturated carbocycles. The van der Waals surface area contributed by atoms with Gasteiger partial charge in [-0.25, -0.2) is 19.2 Å². The van der Waals surface area contributed by atoms with Crippen molar-refractivity contribution in [1.82, 2.24) is 14.5 Å². The second-order valence-corrected chi connectivity index (χ2v) is 8.70. The Bertz CT molecular complexity index is 1560. The lowest BCUT2D eigenvalue weighted by atomic mass is 10.1. The maximum absolute atomic E-state index is 14.5. The van der Waals surface area contributed by atoms with E-state index in [1.165, 1.54) is 34.5 Å². The van der Waals surface area contributed by atoms with E-state index in [0.29, 0.717) is 27.8 Å². The highest BCUT2D eigenvalue weighted by Crippen LogP contribution is 2.36. The number of thioether (sulfide) groups is 1. The molecule has 2 heterocycles. The van der Waals surface area contributed by atoms with Crippen LogP contribution in [0, 0.1) is 5.82 Å². The maximum Gasteiger partial charge on any atom is 0.417 e. The zero-order chi connectivity index (χ0) is 26.2. The normalized spacial score (nSPS) is 11.5. The molecule has 186 valence electrons. The number of amides is 2. The Morgan fingerprint density at radius 3 is 2.56 bits per heavy atom. The van der Waals surface area contributed by atoms with E-state index in [2.05, 4.69) is 20.6 Å². The standard InChI is InChI=1S/C23H16ClF4N5O2S/c1-33-19-12(10-29-22(32-19)36-2)7-14(20(33)34)11-3-6-17(25)18(8-11)31-21(35)30-13-4-5-16(24)15(9-13)23(26,27)28/h3-10H,1-2H3,(H2,30,31,35). The number of alkyl halides is 3. The van der Waals surface area contributed by atoms with Crippen LogP contribution in [0.3, 0.4) is 0 Å². The van der Waals surface area contributed by atoms with Gasteiger partial charge >= 0.3 is 12.2 Å². The fourth-order valence-corrected chi connectivity index (χ4v) is 3.99. The van der Waals surface area contributed by atoms with Crippen molar-refractivity contribution in [2.45, 2.75) is 11.3 Å². The molecule has 2 N–H and O–H groups in total. The first-order chi connectivity index (χ1) is 17.0. The fourth-order valence-electron chi connectivity index (χ4n) is 3.43. The molecule has 7 nitrogen and oxygen atoms in total. The van der Waals surface area contributed by atoms with E-state index in [-0.39, 0.29) is 16.9 Å². The van der Waals surface area contributed by atoms with Crippen LogP contribution in [0.4, 0.5) is 33.7 Å². The number of carbonyl (C=O) groups excluding carboxylic acids is 1. The molecular formula is C23H16ClF4N5O2S. The van der Waals surface area contributed by atoms with Gasteiger partial charge in [0.25, 0.3) is 5.56 Å². The van der Waals surface area contributed by atoms with E-state index < -0.39 is 34.2 Å². The van der Waals surface area contributed by atoms with E-state index in [0.717, 1.165) is 12.1 Å². The molecule has 0 aliphatic heterocycles. The van der Waals surface area contributed by atoms with Gasteiger partial charge in [0.2, 0.25) is 0 Å². The van der Waals surface area contributed by atoms with Gasteiger partial charge in [-0.15, -0.1) is 0 Å². The quantitative estimate of drug-likeness (QED) is 0.184. The summed E-state index contributed by atoms with van der Waals surface area (Å²) >= 11 is 6.91.